The Morgan fingerprint density at radius 2 is 2.00 bits per heavy atom. The van der Waals surface area contributed by atoms with Crippen LogP contribution in [0.15, 0.2) is 47.2 Å². The summed E-state index contributed by atoms with van der Waals surface area (Å²) in [5, 5.41) is 4.75. The van der Waals surface area contributed by atoms with Crippen LogP contribution < -0.4 is 0 Å². The number of furan rings is 1. The number of nitrogens with zero attached hydrogens (tertiary/aromatic N) is 5. The van der Waals surface area contributed by atoms with Crippen molar-refractivity contribution in [2.45, 2.75) is 45.1 Å². The summed E-state index contributed by atoms with van der Waals surface area (Å²) in [4.78, 5) is 11.8. The summed E-state index contributed by atoms with van der Waals surface area (Å²) in [5.74, 6) is 4.53. The maximum Gasteiger partial charge on any atom is 0.155 e. The van der Waals surface area contributed by atoms with Gasteiger partial charge in [-0.2, -0.15) is 4.68 Å². The summed E-state index contributed by atoms with van der Waals surface area (Å²) >= 11 is 0. The molecule has 0 aliphatic carbocycles. The second-order valence-corrected chi connectivity index (χ2v) is 7.21. The molecule has 3 aromatic heterocycles. The molecule has 0 unspecified atom stereocenters. The van der Waals surface area contributed by atoms with Gasteiger partial charge in [0.05, 0.1) is 12.8 Å². The van der Waals surface area contributed by atoms with Gasteiger partial charge < -0.3 is 4.42 Å². The molecule has 0 amide bonds. The fourth-order valence-electron chi connectivity index (χ4n) is 3.47. The molecule has 136 valence electrons. The maximum atomic E-state index is 5.48. The summed E-state index contributed by atoms with van der Waals surface area (Å²) < 4.78 is 7.42. The van der Waals surface area contributed by atoms with Crippen molar-refractivity contribution in [1.29, 1.82) is 0 Å². The number of aromatic nitrogens is 4. The fourth-order valence-corrected chi connectivity index (χ4v) is 3.47. The Labute approximate surface area is 153 Å². The second kappa shape index (κ2) is 7.41. The van der Waals surface area contributed by atoms with E-state index in [9.17, 15) is 0 Å². The zero-order valence-electron chi connectivity index (χ0n) is 15.4. The van der Waals surface area contributed by atoms with Gasteiger partial charge in [0, 0.05) is 18.0 Å². The van der Waals surface area contributed by atoms with Gasteiger partial charge in [0.25, 0.3) is 0 Å². The maximum absolute atomic E-state index is 5.48. The molecular formula is C20H25N5O. The number of pyridine rings is 1. The molecule has 4 rings (SSSR count). The Kier molecular flexibility index (Phi) is 4.84. The number of rotatable bonds is 5. The van der Waals surface area contributed by atoms with Crippen molar-refractivity contribution in [2.24, 2.45) is 0 Å². The normalized spacial score (nSPS) is 16.4. The molecule has 4 heterocycles. The molecule has 0 aromatic carbocycles. The van der Waals surface area contributed by atoms with Crippen LogP contribution in [0.1, 0.15) is 55.9 Å². The average Bonchev–Trinajstić information content (AvgIpc) is 3.33. The van der Waals surface area contributed by atoms with Gasteiger partial charge in [-0.05, 0) is 50.2 Å². The van der Waals surface area contributed by atoms with Gasteiger partial charge in [0.1, 0.15) is 11.6 Å². The Morgan fingerprint density at radius 1 is 1.15 bits per heavy atom. The van der Waals surface area contributed by atoms with E-state index >= 15 is 0 Å². The average molecular weight is 351 g/mol. The molecule has 0 bridgehead atoms. The largest absolute Gasteiger partial charge is 0.468 e. The molecule has 1 fully saturated rings. The van der Waals surface area contributed by atoms with Crippen molar-refractivity contribution < 1.29 is 4.42 Å². The Balaban J connectivity index is 1.52. The van der Waals surface area contributed by atoms with Crippen LogP contribution in [-0.4, -0.2) is 37.7 Å². The molecule has 0 N–H and O–H groups in total. The third-order valence-corrected chi connectivity index (χ3v) is 4.94. The van der Waals surface area contributed by atoms with Gasteiger partial charge in [-0.3, -0.25) is 4.90 Å². The van der Waals surface area contributed by atoms with Gasteiger partial charge in [-0.15, -0.1) is 5.10 Å². The molecule has 6 heteroatoms. The molecule has 3 aromatic rings. The van der Waals surface area contributed by atoms with E-state index in [0.29, 0.717) is 11.8 Å². The topological polar surface area (TPSA) is 60.0 Å². The van der Waals surface area contributed by atoms with E-state index in [1.54, 1.807) is 6.26 Å². The SMILES string of the molecule is CC(C)c1nc(C2CCN(Cc3ccco3)CC2)n(-c2ccccn2)n1. The minimum absolute atomic E-state index is 0.303. The van der Waals surface area contributed by atoms with E-state index in [1.807, 2.05) is 41.2 Å². The van der Waals surface area contributed by atoms with Crippen LogP contribution in [-0.2, 0) is 6.54 Å². The predicted molar refractivity (Wildman–Crippen MR) is 99.2 cm³/mol. The molecule has 26 heavy (non-hydrogen) atoms. The highest BCUT2D eigenvalue weighted by atomic mass is 16.3. The number of piperidine rings is 1. The van der Waals surface area contributed by atoms with Crippen LogP contribution in [0.4, 0.5) is 0 Å². The van der Waals surface area contributed by atoms with Crippen LogP contribution in [0.25, 0.3) is 5.82 Å². The van der Waals surface area contributed by atoms with Crippen LogP contribution in [0, 0.1) is 0 Å². The highest BCUT2D eigenvalue weighted by molar-refractivity contribution is 5.24. The van der Waals surface area contributed by atoms with Gasteiger partial charge >= 0.3 is 0 Å². The molecule has 1 aliphatic heterocycles. The zero-order chi connectivity index (χ0) is 17.9. The Bertz CT molecular complexity index is 817. The van der Waals surface area contributed by atoms with E-state index in [2.05, 4.69) is 23.7 Å². The third-order valence-electron chi connectivity index (χ3n) is 4.94. The third kappa shape index (κ3) is 3.55. The summed E-state index contributed by atoms with van der Waals surface area (Å²) in [6.07, 6.45) is 5.69. The molecule has 1 saturated heterocycles. The monoisotopic (exact) mass is 351 g/mol. The fraction of sp³-hybridized carbons (Fsp3) is 0.450. The second-order valence-electron chi connectivity index (χ2n) is 7.21. The van der Waals surface area contributed by atoms with Crippen LogP contribution in [0.5, 0.6) is 0 Å². The van der Waals surface area contributed by atoms with Gasteiger partial charge in [-0.1, -0.05) is 19.9 Å². The molecule has 0 saturated carbocycles. The summed E-state index contributed by atoms with van der Waals surface area (Å²) in [5.41, 5.74) is 0. The molecular weight excluding hydrogens is 326 g/mol. The number of hydrogen-bond donors (Lipinski definition) is 0. The standard InChI is InChI=1S/C20H25N5O/c1-15(2)19-22-20(25(23-19)18-7-3-4-10-21-18)16-8-11-24(12-9-16)14-17-6-5-13-26-17/h3-7,10,13,15-16H,8-9,11-12,14H2,1-2H3. The smallest absolute Gasteiger partial charge is 0.155 e. The van der Waals surface area contributed by atoms with Crippen molar-refractivity contribution in [3.63, 3.8) is 0 Å². The van der Waals surface area contributed by atoms with Crippen LogP contribution in [0.3, 0.4) is 0 Å². The quantitative estimate of drug-likeness (QED) is 0.700. The van der Waals surface area contributed by atoms with E-state index < -0.39 is 0 Å². The summed E-state index contributed by atoms with van der Waals surface area (Å²) in [6, 6.07) is 9.91. The first-order valence-electron chi connectivity index (χ1n) is 9.33. The van der Waals surface area contributed by atoms with Gasteiger partial charge in [0.2, 0.25) is 0 Å². The van der Waals surface area contributed by atoms with E-state index in [-0.39, 0.29) is 0 Å². The van der Waals surface area contributed by atoms with E-state index in [0.717, 1.165) is 55.7 Å². The van der Waals surface area contributed by atoms with Crippen molar-refractivity contribution in [3.05, 3.63) is 60.2 Å². The van der Waals surface area contributed by atoms with Gasteiger partial charge in [-0.25, -0.2) is 9.97 Å². The number of hydrogen-bond acceptors (Lipinski definition) is 5. The predicted octanol–water partition coefficient (Wildman–Crippen LogP) is 3.76. The minimum atomic E-state index is 0.303. The first-order valence-corrected chi connectivity index (χ1v) is 9.33. The zero-order valence-corrected chi connectivity index (χ0v) is 15.4. The molecule has 1 aliphatic rings. The van der Waals surface area contributed by atoms with Crippen LogP contribution in [0.2, 0.25) is 0 Å². The van der Waals surface area contributed by atoms with Crippen molar-refractivity contribution >= 4 is 0 Å². The molecule has 0 atom stereocenters. The highest BCUT2D eigenvalue weighted by Crippen LogP contribution is 2.29. The van der Waals surface area contributed by atoms with E-state index in [1.165, 1.54) is 0 Å². The van der Waals surface area contributed by atoms with Crippen molar-refractivity contribution in [3.8, 4) is 5.82 Å². The van der Waals surface area contributed by atoms with Crippen molar-refractivity contribution in [1.82, 2.24) is 24.6 Å². The van der Waals surface area contributed by atoms with Crippen molar-refractivity contribution in [2.75, 3.05) is 13.1 Å². The molecule has 0 radical (unpaired) electrons. The summed E-state index contributed by atoms with van der Waals surface area (Å²) in [6.45, 7) is 7.22. The first-order chi connectivity index (χ1) is 12.7. The number of likely N-dealkylation sites (tertiary alicyclic amines) is 1. The molecule has 0 spiro atoms. The molecule has 6 nitrogen and oxygen atoms in total. The lowest BCUT2D eigenvalue weighted by Crippen LogP contribution is -2.33. The lowest BCUT2D eigenvalue weighted by Gasteiger charge is -2.30. The lowest BCUT2D eigenvalue weighted by molar-refractivity contribution is 0.187. The Morgan fingerprint density at radius 3 is 2.65 bits per heavy atom. The first kappa shape index (κ1) is 17.0. The van der Waals surface area contributed by atoms with Gasteiger partial charge in [0.15, 0.2) is 11.6 Å². The lowest BCUT2D eigenvalue weighted by atomic mass is 9.95. The van der Waals surface area contributed by atoms with E-state index in [4.69, 9.17) is 14.5 Å². The highest BCUT2D eigenvalue weighted by Gasteiger charge is 2.27. The Hall–Kier alpha value is -2.47. The van der Waals surface area contributed by atoms with Crippen LogP contribution >= 0.6 is 0 Å². The minimum Gasteiger partial charge on any atom is -0.468 e. The summed E-state index contributed by atoms with van der Waals surface area (Å²) in [7, 11) is 0.